The number of nitrogens with zero attached hydrogens (tertiary/aromatic N) is 2. The van der Waals surface area contributed by atoms with E-state index in [4.69, 9.17) is 23.7 Å². The Labute approximate surface area is 364 Å². The van der Waals surface area contributed by atoms with Crippen molar-refractivity contribution in [3.63, 3.8) is 0 Å². The van der Waals surface area contributed by atoms with Crippen LogP contribution in [0.5, 0.6) is 23.0 Å². The summed E-state index contributed by atoms with van der Waals surface area (Å²) >= 11 is 0. The van der Waals surface area contributed by atoms with E-state index in [1.807, 2.05) is 25.8 Å². The first-order valence-corrected chi connectivity index (χ1v) is 21.2. The van der Waals surface area contributed by atoms with E-state index in [1.54, 1.807) is 44.9 Å². The van der Waals surface area contributed by atoms with Gasteiger partial charge in [-0.2, -0.15) is 0 Å². The molecule has 0 radical (unpaired) electrons. The molecular formula is C46H65N3O13. The maximum atomic E-state index is 14.6. The van der Waals surface area contributed by atoms with Crippen LogP contribution in [0.4, 0.5) is 5.69 Å². The summed E-state index contributed by atoms with van der Waals surface area (Å²) in [6.45, 7) is 19.4. The Kier molecular flexibility index (Phi) is 16.6. The fraction of sp³-hybridized carbons (Fsp3) is 0.565. The second kappa shape index (κ2) is 20.8. The summed E-state index contributed by atoms with van der Waals surface area (Å²) in [6.07, 6.45) is 4.27. The number of carbonyl (C=O) groups is 4. The fourth-order valence-electron chi connectivity index (χ4n) is 8.16. The van der Waals surface area contributed by atoms with Gasteiger partial charge in [-0.25, -0.2) is 5.01 Å². The van der Waals surface area contributed by atoms with Gasteiger partial charge in [0.1, 0.15) is 23.4 Å². The molecule has 3 aliphatic heterocycles. The smallest absolute Gasteiger partial charge is 0.312 e. The zero-order valence-electron chi connectivity index (χ0n) is 38.0. The third kappa shape index (κ3) is 10.2. The molecule has 16 nitrogen and oxygen atoms in total. The number of phenols is 2. The van der Waals surface area contributed by atoms with Gasteiger partial charge in [0.05, 0.1) is 41.2 Å². The number of hydrazine groups is 1. The van der Waals surface area contributed by atoms with E-state index < -0.39 is 95.5 Å². The number of amides is 2. The van der Waals surface area contributed by atoms with Gasteiger partial charge in [-0.3, -0.25) is 24.2 Å². The van der Waals surface area contributed by atoms with Crippen molar-refractivity contribution in [2.24, 2.45) is 23.7 Å². The highest BCUT2D eigenvalue weighted by Crippen LogP contribution is 2.54. The molecule has 16 heteroatoms. The van der Waals surface area contributed by atoms with E-state index in [2.05, 4.69) is 5.32 Å². The summed E-state index contributed by atoms with van der Waals surface area (Å²) in [6, 6.07) is 1.28. The number of anilines is 1. The number of ether oxygens (including phenoxy) is 5. The molecule has 0 aliphatic carbocycles. The first-order chi connectivity index (χ1) is 29.2. The number of Topliss-reactive ketones (excluding diaryl/α,β-unsaturated/α-hetero) is 1. The molecule has 3 heterocycles. The minimum Gasteiger partial charge on any atom is -0.507 e. The van der Waals surface area contributed by atoms with Gasteiger partial charge in [-0.1, -0.05) is 66.7 Å². The lowest BCUT2D eigenvalue weighted by molar-refractivity contribution is -0.160. The summed E-state index contributed by atoms with van der Waals surface area (Å²) in [7, 11) is 1.44. The number of fused-ring (bicyclic) bond motifs is 14. The normalized spacial score (nSPS) is 29.0. The second-order valence-electron chi connectivity index (χ2n) is 16.3. The molecule has 2 aromatic carbocycles. The van der Waals surface area contributed by atoms with Crippen LogP contribution in [-0.2, 0) is 28.6 Å². The summed E-state index contributed by atoms with van der Waals surface area (Å²) in [4.78, 5) is 54.4. The van der Waals surface area contributed by atoms with E-state index in [0.717, 1.165) is 0 Å². The second-order valence-corrected chi connectivity index (χ2v) is 16.3. The molecular weight excluding hydrogens is 803 g/mol. The van der Waals surface area contributed by atoms with Gasteiger partial charge >= 0.3 is 11.8 Å². The lowest BCUT2D eigenvalue weighted by Crippen LogP contribution is -2.48. The van der Waals surface area contributed by atoms with E-state index in [-0.39, 0.29) is 44.7 Å². The molecule has 62 heavy (non-hydrogen) atoms. The monoisotopic (exact) mass is 867 g/mol. The van der Waals surface area contributed by atoms with Gasteiger partial charge in [0, 0.05) is 86.9 Å². The summed E-state index contributed by atoms with van der Waals surface area (Å²) in [5.74, 6) is -8.09. The van der Waals surface area contributed by atoms with Crippen molar-refractivity contribution in [1.29, 1.82) is 0 Å². The van der Waals surface area contributed by atoms with E-state index in [0.29, 0.717) is 26.1 Å². The Bertz CT molecular complexity index is 2080. The predicted molar refractivity (Wildman–Crippen MR) is 233 cm³/mol. The number of rotatable bonds is 10. The summed E-state index contributed by atoms with van der Waals surface area (Å²) in [5.41, 5.74) is -0.0197. The van der Waals surface area contributed by atoms with Gasteiger partial charge < -0.3 is 49.4 Å². The lowest BCUT2D eigenvalue weighted by Gasteiger charge is -2.38. The number of hydrogen-bond acceptors (Lipinski definition) is 14. The molecule has 0 aromatic heterocycles. The van der Waals surface area contributed by atoms with E-state index >= 15 is 0 Å². The van der Waals surface area contributed by atoms with Gasteiger partial charge in [0.25, 0.3) is 17.6 Å². The molecule has 342 valence electrons. The third-order valence-corrected chi connectivity index (χ3v) is 12.0. The fourth-order valence-corrected chi connectivity index (χ4v) is 8.16. The maximum absolute atomic E-state index is 14.6. The molecule has 0 saturated carbocycles. The number of nitrogens with one attached hydrogen (secondary N) is 1. The van der Waals surface area contributed by atoms with Crippen LogP contribution >= 0.6 is 0 Å². The molecule has 5 N–H and O–H groups in total. The zero-order valence-corrected chi connectivity index (χ0v) is 38.0. The first kappa shape index (κ1) is 49.5. The first-order valence-electron chi connectivity index (χ1n) is 21.2. The minimum absolute atomic E-state index is 0.0602. The van der Waals surface area contributed by atoms with Crippen molar-refractivity contribution < 1.29 is 63.3 Å². The number of carbonyl (C=O) groups excluding carboxylic acids is 4. The lowest BCUT2D eigenvalue weighted by atomic mass is 9.78. The number of hydrogen-bond donors (Lipinski definition) is 5. The Hall–Kier alpha value is -5.16. The molecule has 9 atom stereocenters. The molecule has 0 spiro atoms. The predicted octanol–water partition coefficient (Wildman–Crippen LogP) is 5.92. The number of methoxy groups -OCH3 is 1. The quantitative estimate of drug-likeness (QED) is 0.107. The number of aliphatic hydroxyl groups is 2. The highest BCUT2D eigenvalue weighted by molar-refractivity contribution is 6.21. The molecule has 0 saturated heterocycles. The van der Waals surface area contributed by atoms with Gasteiger partial charge in [0.2, 0.25) is 0 Å². The Morgan fingerprint density at radius 3 is 2.19 bits per heavy atom. The van der Waals surface area contributed by atoms with Crippen molar-refractivity contribution in [1.82, 2.24) is 10.0 Å². The van der Waals surface area contributed by atoms with Gasteiger partial charge in [-0.15, -0.1) is 0 Å². The SMILES string of the molecule is CCCN(C(=O)COc1cc2c(O)c3c(O)c(C)c4c(c13)C(=O)C(C)(O/C=C/C(OC)C(C)C(OC(C)=O)C(C)C(O)C(C)C(O)C(C)/C=C/C=C(\C)C(=O)N2)O4)N(CC)CC. The number of esters is 1. The highest BCUT2D eigenvalue weighted by Gasteiger charge is 2.50. The van der Waals surface area contributed by atoms with Crippen molar-refractivity contribution >= 4 is 40.0 Å². The van der Waals surface area contributed by atoms with E-state index in [9.17, 15) is 39.6 Å². The molecule has 5 rings (SSSR count). The summed E-state index contributed by atoms with van der Waals surface area (Å²) in [5, 5.41) is 52.2. The van der Waals surface area contributed by atoms with E-state index in [1.165, 1.54) is 59.3 Å². The Morgan fingerprint density at radius 2 is 1.60 bits per heavy atom. The third-order valence-electron chi connectivity index (χ3n) is 12.0. The number of aliphatic hydroxyl groups excluding tert-OH is 2. The Morgan fingerprint density at radius 1 is 0.935 bits per heavy atom. The van der Waals surface area contributed by atoms with Crippen LogP contribution in [0, 0.1) is 30.6 Å². The van der Waals surface area contributed by atoms with Crippen molar-refractivity contribution in [2.45, 2.75) is 113 Å². The number of allylic oxidation sites excluding steroid dienone is 2. The van der Waals surface area contributed by atoms with Crippen LogP contribution in [0.3, 0.4) is 0 Å². The average Bonchev–Trinajstić information content (AvgIpc) is 3.50. The molecule has 9 unspecified atom stereocenters. The molecule has 2 aromatic rings. The number of aromatic hydroxyl groups is 2. The zero-order chi connectivity index (χ0) is 46.4. The topological polar surface area (TPSA) is 214 Å². The largest absolute Gasteiger partial charge is 0.507 e. The Balaban J connectivity index is 1.94. The molecule has 0 fully saturated rings. The van der Waals surface area contributed by atoms with Crippen molar-refractivity contribution in [3.8, 4) is 23.0 Å². The summed E-state index contributed by atoms with van der Waals surface area (Å²) < 4.78 is 30.0. The standard InChI is InChI=1S/C46H65N3O13/c1-13-20-49(48(14-2)15-3)34(51)23-59-33-22-31-41(55)36-35(33)37-43(29(9)40(36)54)62-46(11,44(37)56)60-21-19-32(58-12)26(6)42(61-30(10)50)28(8)39(53)27(7)38(52)24(4)17-16-18-25(5)45(57)47-31/h16-19,21-22,24,26-28,32,38-39,42,52-55H,13-15,20,23H2,1-12H3,(H,47,57)/b17-16+,21-19+,25-18+. The molecule has 2 amide bonds. The van der Waals surface area contributed by atoms with Crippen molar-refractivity contribution in [2.75, 3.05) is 38.7 Å². The van der Waals surface area contributed by atoms with Gasteiger partial charge in [-0.05, 0) is 26.3 Å². The highest BCUT2D eigenvalue weighted by atomic mass is 16.7. The van der Waals surface area contributed by atoms with Crippen LogP contribution in [0.15, 0.2) is 42.2 Å². The minimum atomic E-state index is -2.04. The van der Waals surface area contributed by atoms with Crippen molar-refractivity contribution in [3.05, 3.63) is 53.3 Å². The van der Waals surface area contributed by atoms with Crippen LogP contribution in [0.2, 0.25) is 0 Å². The number of ketones is 1. The number of benzene rings is 2. The van der Waals surface area contributed by atoms with Gasteiger partial charge in [0.15, 0.2) is 12.4 Å². The van der Waals surface area contributed by atoms with Crippen LogP contribution < -0.4 is 14.8 Å². The maximum Gasteiger partial charge on any atom is 0.312 e. The molecule has 5 bridgehead atoms. The average molecular weight is 868 g/mol. The van der Waals surface area contributed by atoms with Crippen LogP contribution in [-0.4, -0.2) is 118 Å². The molecule has 3 aliphatic rings. The number of phenolic OH excluding ortho intramolecular Hbond substituents is 2. The van der Waals surface area contributed by atoms with Crippen LogP contribution in [0.25, 0.3) is 10.8 Å². The van der Waals surface area contributed by atoms with Crippen LogP contribution in [0.1, 0.15) is 91.6 Å².